The van der Waals surface area contributed by atoms with Gasteiger partial charge in [-0.25, -0.2) is 8.78 Å². The molecule has 1 amide bonds. The minimum absolute atomic E-state index is 0.163. The van der Waals surface area contributed by atoms with Crippen molar-refractivity contribution in [3.63, 3.8) is 0 Å². The monoisotopic (exact) mass is 298 g/mol. The molecular formula is C15H20F2N2O2. The van der Waals surface area contributed by atoms with E-state index < -0.39 is 19.1 Å². The number of nitrogens with zero attached hydrogens (tertiary/aromatic N) is 2. The summed E-state index contributed by atoms with van der Waals surface area (Å²) in [5.41, 5.74) is 0.995. The number of rotatable bonds is 4. The Labute approximate surface area is 123 Å². The zero-order valence-electron chi connectivity index (χ0n) is 12.1. The third kappa shape index (κ3) is 4.67. The largest absolute Gasteiger partial charge is 0.374 e. The van der Waals surface area contributed by atoms with Gasteiger partial charge in [-0.3, -0.25) is 4.79 Å². The highest BCUT2D eigenvalue weighted by Crippen LogP contribution is 2.19. The maximum Gasteiger partial charge on any atom is 0.288 e. The van der Waals surface area contributed by atoms with Crippen LogP contribution in [0.4, 0.5) is 14.5 Å². The molecule has 0 spiro atoms. The number of carbonyl (C=O) groups is 1. The van der Waals surface area contributed by atoms with Crippen LogP contribution in [0.15, 0.2) is 30.3 Å². The van der Waals surface area contributed by atoms with Gasteiger partial charge in [0.1, 0.15) is 6.61 Å². The van der Waals surface area contributed by atoms with Crippen molar-refractivity contribution >= 4 is 11.6 Å². The summed E-state index contributed by atoms with van der Waals surface area (Å²) < 4.78 is 31.6. The smallest absolute Gasteiger partial charge is 0.288 e. The molecule has 2 rings (SSSR count). The summed E-state index contributed by atoms with van der Waals surface area (Å²) in [7, 11) is 1.88. The molecule has 6 heteroatoms. The number of alkyl halides is 2. The lowest BCUT2D eigenvalue weighted by molar-refractivity contribution is -0.135. The predicted octanol–water partition coefficient (Wildman–Crippen LogP) is 2.01. The average Bonchev–Trinajstić information content (AvgIpc) is 2.66. The molecule has 1 heterocycles. The minimum atomic E-state index is -2.96. The average molecular weight is 298 g/mol. The standard InChI is InChI=1S/C15H20F2N2O2/c1-18(13-5-3-2-4-6-13)8-7-14(20)19-9-10-21-12-15(16,17)11-19/h2-6H,7-12H2,1H3. The molecular weight excluding hydrogens is 278 g/mol. The fourth-order valence-electron chi connectivity index (χ4n) is 2.25. The lowest BCUT2D eigenvalue weighted by atomic mass is 10.2. The van der Waals surface area contributed by atoms with Gasteiger partial charge in [0, 0.05) is 32.2 Å². The van der Waals surface area contributed by atoms with Gasteiger partial charge in [-0.1, -0.05) is 18.2 Å². The van der Waals surface area contributed by atoms with Crippen molar-refractivity contribution in [2.24, 2.45) is 0 Å². The van der Waals surface area contributed by atoms with E-state index in [1.165, 1.54) is 4.90 Å². The van der Waals surface area contributed by atoms with Crippen LogP contribution in [0.5, 0.6) is 0 Å². The SMILES string of the molecule is CN(CCC(=O)N1CCOCC(F)(F)C1)c1ccccc1. The number of hydrogen-bond acceptors (Lipinski definition) is 3. The van der Waals surface area contributed by atoms with Crippen LogP contribution in [-0.2, 0) is 9.53 Å². The summed E-state index contributed by atoms with van der Waals surface area (Å²) in [5, 5.41) is 0. The van der Waals surface area contributed by atoms with E-state index in [4.69, 9.17) is 4.74 Å². The molecule has 0 aromatic heterocycles. The van der Waals surface area contributed by atoms with Gasteiger partial charge < -0.3 is 14.5 Å². The van der Waals surface area contributed by atoms with Crippen molar-refractivity contribution in [1.82, 2.24) is 4.90 Å². The Morgan fingerprint density at radius 1 is 1.38 bits per heavy atom. The maximum absolute atomic E-state index is 13.4. The van der Waals surface area contributed by atoms with Crippen molar-refractivity contribution in [3.8, 4) is 0 Å². The Bertz CT molecular complexity index is 468. The highest BCUT2D eigenvalue weighted by atomic mass is 19.3. The summed E-state index contributed by atoms with van der Waals surface area (Å²) >= 11 is 0. The van der Waals surface area contributed by atoms with Gasteiger partial charge in [0.25, 0.3) is 5.92 Å². The van der Waals surface area contributed by atoms with Crippen molar-refractivity contribution in [2.75, 3.05) is 44.8 Å². The van der Waals surface area contributed by atoms with Crippen molar-refractivity contribution in [3.05, 3.63) is 30.3 Å². The van der Waals surface area contributed by atoms with Crippen LogP contribution in [0.2, 0.25) is 0 Å². The summed E-state index contributed by atoms with van der Waals surface area (Å²) in [6, 6.07) is 9.64. The van der Waals surface area contributed by atoms with Gasteiger partial charge in [0.05, 0.1) is 13.2 Å². The summed E-state index contributed by atoms with van der Waals surface area (Å²) in [6.07, 6.45) is 0.210. The van der Waals surface area contributed by atoms with E-state index in [1.54, 1.807) is 0 Å². The zero-order valence-corrected chi connectivity index (χ0v) is 12.1. The molecule has 0 aliphatic carbocycles. The molecule has 1 aliphatic rings. The number of ether oxygens (including phenoxy) is 1. The van der Waals surface area contributed by atoms with Crippen LogP contribution in [-0.4, -0.2) is 56.6 Å². The van der Waals surface area contributed by atoms with Gasteiger partial charge >= 0.3 is 0 Å². The molecule has 1 saturated heterocycles. The van der Waals surface area contributed by atoms with E-state index in [-0.39, 0.29) is 25.5 Å². The van der Waals surface area contributed by atoms with E-state index >= 15 is 0 Å². The lowest BCUT2D eigenvalue weighted by Gasteiger charge is -2.25. The number of halogens is 2. The van der Waals surface area contributed by atoms with Crippen LogP contribution < -0.4 is 4.90 Å². The van der Waals surface area contributed by atoms with Crippen LogP contribution in [0.3, 0.4) is 0 Å². The van der Waals surface area contributed by atoms with Gasteiger partial charge in [0.2, 0.25) is 5.91 Å². The second kappa shape index (κ2) is 6.85. The Kier molecular flexibility index (Phi) is 5.12. The van der Waals surface area contributed by atoms with Gasteiger partial charge in [-0.15, -0.1) is 0 Å². The molecule has 0 saturated carbocycles. The van der Waals surface area contributed by atoms with E-state index in [0.29, 0.717) is 6.54 Å². The van der Waals surface area contributed by atoms with Gasteiger partial charge in [-0.05, 0) is 12.1 Å². The number of hydrogen-bond donors (Lipinski definition) is 0. The molecule has 1 aliphatic heterocycles. The molecule has 1 aromatic carbocycles. The molecule has 0 N–H and O–H groups in total. The minimum Gasteiger partial charge on any atom is -0.374 e. The first-order valence-corrected chi connectivity index (χ1v) is 6.97. The quantitative estimate of drug-likeness (QED) is 0.852. The predicted molar refractivity (Wildman–Crippen MR) is 76.7 cm³/mol. The van der Waals surface area contributed by atoms with E-state index in [0.717, 1.165) is 5.69 Å². The third-order valence-corrected chi connectivity index (χ3v) is 3.45. The number of carbonyl (C=O) groups excluding carboxylic acids is 1. The highest BCUT2D eigenvalue weighted by Gasteiger charge is 2.36. The highest BCUT2D eigenvalue weighted by molar-refractivity contribution is 5.77. The molecule has 0 atom stereocenters. The normalized spacial score (nSPS) is 18.1. The molecule has 21 heavy (non-hydrogen) atoms. The van der Waals surface area contributed by atoms with Crippen LogP contribution >= 0.6 is 0 Å². The van der Waals surface area contributed by atoms with Crippen LogP contribution in [0, 0.1) is 0 Å². The molecule has 1 aromatic rings. The molecule has 0 radical (unpaired) electrons. The van der Waals surface area contributed by atoms with E-state index in [2.05, 4.69) is 0 Å². The second-order valence-electron chi connectivity index (χ2n) is 5.23. The first kappa shape index (κ1) is 15.7. The summed E-state index contributed by atoms with van der Waals surface area (Å²) in [4.78, 5) is 15.2. The van der Waals surface area contributed by atoms with Gasteiger partial charge in [-0.2, -0.15) is 0 Å². The van der Waals surface area contributed by atoms with Crippen molar-refractivity contribution in [1.29, 1.82) is 0 Å². The fraction of sp³-hybridized carbons (Fsp3) is 0.533. The number of para-hydroxylation sites is 1. The van der Waals surface area contributed by atoms with E-state index in [1.807, 2.05) is 42.3 Å². The Morgan fingerprint density at radius 2 is 2.10 bits per heavy atom. The first-order valence-electron chi connectivity index (χ1n) is 6.97. The fourth-order valence-corrected chi connectivity index (χ4v) is 2.25. The van der Waals surface area contributed by atoms with Crippen molar-refractivity contribution in [2.45, 2.75) is 12.3 Å². The number of benzene rings is 1. The van der Waals surface area contributed by atoms with Crippen molar-refractivity contribution < 1.29 is 18.3 Å². The van der Waals surface area contributed by atoms with Gasteiger partial charge in [0.15, 0.2) is 0 Å². The zero-order chi connectivity index (χ0) is 15.3. The number of anilines is 1. The second-order valence-corrected chi connectivity index (χ2v) is 5.23. The van der Waals surface area contributed by atoms with Crippen LogP contribution in [0.25, 0.3) is 0 Å². The van der Waals surface area contributed by atoms with E-state index in [9.17, 15) is 13.6 Å². The molecule has 0 bridgehead atoms. The molecule has 1 fully saturated rings. The third-order valence-electron chi connectivity index (χ3n) is 3.45. The summed E-state index contributed by atoms with van der Waals surface area (Å²) in [6.45, 7) is -0.285. The Balaban J connectivity index is 1.86. The molecule has 4 nitrogen and oxygen atoms in total. The topological polar surface area (TPSA) is 32.8 Å². The maximum atomic E-state index is 13.4. The number of amides is 1. The lowest BCUT2D eigenvalue weighted by Crippen LogP contribution is -2.42. The Morgan fingerprint density at radius 3 is 2.81 bits per heavy atom. The molecule has 0 unspecified atom stereocenters. The van der Waals surface area contributed by atoms with Crippen LogP contribution in [0.1, 0.15) is 6.42 Å². The first-order chi connectivity index (χ1) is 9.98. The summed E-state index contributed by atoms with van der Waals surface area (Å²) in [5.74, 6) is -3.22. The Hall–Kier alpha value is -1.69. The molecule has 116 valence electrons.